The van der Waals surface area contributed by atoms with Gasteiger partial charge in [-0.05, 0) is 47.6 Å². The summed E-state index contributed by atoms with van der Waals surface area (Å²) in [5, 5.41) is 0. The Morgan fingerprint density at radius 2 is 2.00 bits per heavy atom. The van der Waals surface area contributed by atoms with Gasteiger partial charge in [-0.1, -0.05) is 25.1 Å². The highest BCUT2D eigenvalue weighted by molar-refractivity contribution is 9.11. The van der Waals surface area contributed by atoms with Gasteiger partial charge in [-0.25, -0.2) is 4.39 Å². The number of hydrogen-bond donors (Lipinski definition) is 1. The molecule has 0 radical (unpaired) electrons. The van der Waals surface area contributed by atoms with E-state index in [0.717, 1.165) is 10.2 Å². The van der Waals surface area contributed by atoms with Gasteiger partial charge in [0.05, 0.1) is 9.83 Å². The summed E-state index contributed by atoms with van der Waals surface area (Å²) in [6.45, 7) is 2.62. The standard InChI is InChI=1S/C16H20BrFN2S/c1-3-13(19)16(14-8-9-15(17)21-14)20(2)10-11-6-4-5-7-12(11)18/h4-9,13,16H,3,10,19H2,1-2H3. The van der Waals surface area contributed by atoms with Crippen LogP contribution in [-0.2, 0) is 6.54 Å². The monoisotopic (exact) mass is 370 g/mol. The molecule has 5 heteroatoms. The van der Waals surface area contributed by atoms with Crippen LogP contribution in [0.2, 0.25) is 0 Å². The van der Waals surface area contributed by atoms with E-state index in [1.165, 1.54) is 10.9 Å². The van der Waals surface area contributed by atoms with Gasteiger partial charge in [0.15, 0.2) is 0 Å². The van der Waals surface area contributed by atoms with E-state index >= 15 is 0 Å². The number of likely N-dealkylation sites (N-methyl/N-ethyl adjacent to an activating group) is 1. The second-order valence-corrected chi connectivity index (χ2v) is 7.66. The number of thiophene rings is 1. The van der Waals surface area contributed by atoms with Crippen LogP contribution in [0.25, 0.3) is 0 Å². The highest BCUT2D eigenvalue weighted by atomic mass is 79.9. The van der Waals surface area contributed by atoms with E-state index < -0.39 is 0 Å². The molecule has 0 saturated carbocycles. The molecule has 0 saturated heterocycles. The van der Waals surface area contributed by atoms with Gasteiger partial charge >= 0.3 is 0 Å². The lowest BCUT2D eigenvalue weighted by Gasteiger charge is -2.31. The molecule has 0 fully saturated rings. The van der Waals surface area contributed by atoms with E-state index in [1.807, 2.05) is 25.2 Å². The molecule has 1 aromatic carbocycles. The van der Waals surface area contributed by atoms with E-state index in [9.17, 15) is 4.39 Å². The molecule has 114 valence electrons. The van der Waals surface area contributed by atoms with E-state index in [-0.39, 0.29) is 17.9 Å². The summed E-state index contributed by atoms with van der Waals surface area (Å²) in [6, 6.07) is 11.1. The maximum Gasteiger partial charge on any atom is 0.127 e. The SMILES string of the molecule is CCC(N)C(c1ccc(Br)s1)N(C)Cc1ccccc1F. The van der Waals surface area contributed by atoms with Crippen molar-refractivity contribution in [3.63, 3.8) is 0 Å². The number of rotatable bonds is 6. The summed E-state index contributed by atoms with van der Waals surface area (Å²) < 4.78 is 14.9. The predicted molar refractivity (Wildman–Crippen MR) is 90.9 cm³/mol. The molecule has 2 nitrogen and oxygen atoms in total. The molecule has 2 N–H and O–H groups in total. The van der Waals surface area contributed by atoms with Gasteiger partial charge in [0.1, 0.15) is 5.82 Å². The Morgan fingerprint density at radius 3 is 2.57 bits per heavy atom. The van der Waals surface area contributed by atoms with Gasteiger partial charge in [0.2, 0.25) is 0 Å². The van der Waals surface area contributed by atoms with Crippen LogP contribution in [0.1, 0.15) is 29.8 Å². The molecular weight excluding hydrogens is 351 g/mol. The number of nitrogens with two attached hydrogens (primary N) is 1. The van der Waals surface area contributed by atoms with E-state index in [4.69, 9.17) is 5.73 Å². The van der Waals surface area contributed by atoms with E-state index in [2.05, 4.69) is 33.8 Å². The molecule has 2 rings (SSSR count). The highest BCUT2D eigenvalue weighted by Crippen LogP contribution is 2.33. The van der Waals surface area contributed by atoms with Crippen molar-refractivity contribution in [3.05, 3.63) is 56.4 Å². The second kappa shape index (κ2) is 7.49. The molecule has 0 aliphatic rings. The van der Waals surface area contributed by atoms with E-state index in [0.29, 0.717) is 12.1 Å². The molecular formula is C16H20BrFN2S. The first kappa shape index (κ1) is 16.6. The average Bonchev–Trinajstić information content (AvgIpc) is 2.87. The molecule has 0 aliphatic carbocycles. The van der Waals surface area contributed by atoms with Crippen molar-refractivity contribution in [2.24, 2.45) is 5.73 Å². The van der Waals surface area contributed by atoms with Crippen molar-refractivity contribution in [2.45, 2.75) is 32.0 Å². The van der Waals surface area contributed by atoms with Crippen molar-refractivity contribution < 1.29 is 4.39 Å². The number of hydrogen-bond acceptors (Lipinski definition) is 3. The lowest BCUT2D eigenvalue weighted by molar-refractivity contribution is 0.202. The Labute approximate surface area is 137 Å². The first-order valence-corrected chi connectivity index (χ1v) is 8.58. The predicted octanol–water partition coefficient (Wildman–Crippen LogP) is 4.56. The minimum Gasteiger partial charge on any atom is -0.326 e. The minimum absolute atomic E-state index is 0.0207. The molecule has 21 heavy (non-hydrogen) atoms. The molecule has 0 aliphatic heterocycles. The summed E-state index contributed by atoms with van der Waals surface area (Å²) in [5.74, 6) is -0.166. The minimum atomic E-state index is -0.166. The lowest BCUT2D eigenvalue weighted by Crippen LogP contribution is -2.38. The quantitative estimate of drug-likeness (QED) is 0.807. The summed E-state index contributed by atoms with van der Waals surface area (Å²) >= 11 is 5.18. The molecule has 2 atom stereocenters. The van der Waals surface area contributed by atoms with Gasteiger partial charge in [0.25, 0.3) is 0 Å². The van der Waals surface area contributed by atoms with Gasteiger partial charge in [0, 0.05) is 23.0 Å². The zero-order valence-electron chi connectivity index (χ0n) is 12.2. The summed E-state index contributed by atoms with van der Waals surface area (Å²) in [7, 11) is 2.00. The Hall–Kier alpha value is -0.750. The largest absolute Gasteiger partial charge is 0.326 e. The smallest absolute Gasteiger partial charge is 0.127 e. The number of nitrogens with zero attached hydrogens (tertiary/aromatic N) is 1. The van der Waals surface area contributed by atoms with E-state index in [1.54, 1.807) is 17.4 Å². The fraction of sp³-hybridized carbons (Fsp3) is 0.375. The third-order valence-electron chi connectivity index (χ3n) is 3.61. The Kier molecular flexibility index (Phi) is 5.93. The van der Waals surface area contributed by atoms with Crippen LogP contribution in [0.5, 0.6) is 0 Å². The lowest BCUT2D eigenvalue weighted by atomic mass is 10.0. The normalized spacial score (nSPS) is 14.4. The Balaban J connectivity index is 2.22. The fourth-order valence-electron chi connectivity index (χ4n) is 2.46. The molecule has 2 aromatic rings. The third-order valence-corrected chi connectivity index (χ3v) is 5.31. The van der Waals surface area contributed by atoms with Crippen LogP contribution in [-0.4, -0.2) is 18.0 Å². The fourth-order valence-corrected chi connectivity index (χ4v) is 4.12. The zero-order chi connectivity index (χ0) is 15.4. The van der Waals surface area contributed by atoms with Crippen LogP contribution in [0, 0.1) is 5.82 Å². The second-order valence-electron chi connectivity index (χ2n) is 5.17. The third kappa shape index (κ3) is 4.13. The maximum absolute atomic E-state index is 13.8. The van der Waals surface area contributed by atoms with Crippen LogP contribution in [0.4, 0.5) is 4.39 Å². The summed E-state index contributed by atoms with van der Waals surface area (Å²) in [5.41, 5.74) is 7.01. The Bertz CT molecular complexity index is 587. The summed E-state index contributed by atoms with van der Waals surface area (Å²) in [4.78, 5) is 3.33. The summed E-state index contributed by atoms with van der Waals surface area (Å²) in [6.07, 6.45) is 0.877. The van der Waals surface area contributed by atoms with Gasteiger partial charge < -0.3 is 5.73 Å². The van der Waals surface area contributed by atoms with Gasteiger partial charge in [-0.2, -0.15) is 0 Å². The van der Waals surface area contributed by atoms with Crippen molar-refractivity contribution in [1.82, 2.24) is 4.90 Å². The molecule has 1 aromatic heterocycles. The highest BCUT2D eigenvalue weighted by Gasteiger charge is 2.25. The average molecular weight is 371 g/mol. The number of halogens is 2. The van der Waals surface area contributed by atoms with Crippen molar-refractivity contribution >= 4 is 27.3 Å². The van der Waals surface area contributed by atoms with Crippen molar-refractivity contribution in [1.29, 1.82) is 0 Å². The van der Waals surface area contributed by atoms with Crippen molar-refractivity contribution in [2.75, 3.05) is 7.05 Å². The molecule has 0 bridgehead atoms. The van der Waals surface area contributed by atoms with Gasteiger partial charge in [-0.15, -0.1) is 11.3 Å². The van der Waals surface area contributed by atoms with Crippen LogP contribution >= 0.6 is 27.3 Å². The molecule has 2 unspecified atom stereocenters. The van der Waals surface area contributed by atoms with Crippen LogP contribution in [0.3, 0.4) is 0 Å². The van der Waals surface area contributed by atoms with Crippen molar-refractivity contribution in [3.8, 4) is 0 Å². The molecule has 1 heterocycles. The van der Waals surface area contributed by atoms with Crippen LogP contribution < -0.4 is 5.73 Å². The number of benzene rings is 1. The molecule has 0 spiro atoms. The first-order chi connectivity index (χ1) is 10.0. The maximum atomic E-state index is 13.8. The Morgan fingerprint density at radius 1 is 1.29 bits per heavy atom. The van der Waals surface area contributed by atoms with Crippen LogP contribution in [0.15, 0.2) is 40.2 Å². The van der Waals surface area contributed by atoms with Gasteiger partial charge in [-0.3, -0.25) is 4.90 Å². The zero-order valence-corrected chi connectivity index (χ0v) is 14.6. The topological polar surface area (TPSA) is 29.3 Å². The first-order valence-electron chi connectivity index (χ1n) is 6.97. The molecule has 0 amide bonds.